The van der Waals surface area contributed by atoms with Gasteiger partial charge in [0.2, 0.25) is 5.91 Å². The van der Waals surface area contributed by atoms with Crippen LogP contribution in [0.4, 0.5) is 5.13 Å². The summed E-state index contributed by atoms with van der Waals surface area (Å²) in [5.41, 5.74) is 0.929. The number of nitrogens with zero attached hydrogens (tertiary/aromatic N) is 5. The standard InChI is InChI=1S/C18H23N5O2S2/c1-5-22(13(4)24)17-19-14(10-26-17)11-27-18-21-20-16(15-7-6-8-25-15)23(18)9-12(2)3/h6-8,10,12H,5,9,11H2,1-4H3. The van der Waals surface area contributed by atoms with Crippen LogP contribution in [0, 0.1) is 5.92 Å². The fourth-order valence-corrected chi connectivity index (χ4v) is 4.51. The van der Waals surface area contributed by atoms with Crippen molar-refractivity contribution in [3.05, 3.63) is 29.5 Å². The van der Waals surface area contributed by atoms with Crippen LogP contribution in [0.2, 0.25) is 0 Å². The van der Waals surface area contributed by atoms with Crippen molar-refractivity contribution in [3.8, 4) is 11.6 Å². The van der Waals surface area contributed by atoms with Crippen LogP contribution in [0.25, 0.3) is 11.6 Å². The molecule has 0 saturated heterocycles. The van der Waals surface area contributed by atoms with E-state index in [0.29, 0.717) is 24.0 Å². The first-order valence-electron chi connectivity index (χ1n) is 8.82. The highest BCUT2D eigenvalue weighted by Gasteiger charge is 2.18. The molecule has 0 radical (unpaired) electrons. The van der Waals surface area contributed by atoms with E-state index >= 15 is 0 Å². The molecule has 3 aromatic heterocycles. The van der Waals surface area contributed by atoms with E-state index in [-0.39, 0.29) is 5.91 Å². The highest BCUT2D eigenvalue weighted by molar-refractivity contribution is 7.98. The third-order valence-electron chi connectivity index (χ3n) is 3.82. The van der Waals surface area contributed by atoms with Gasteiger partial charge < -0.3 is 4.42 Å². The predicted molar refractivity (Wildman–Crippen MR) is 108 cm³/mol. The van der Waals surface area contributed by atoms with Gasteiger partial charge in [0.15, 0.2) is 21.9 Å². The molecule has 7 nitrogen and oxygen atoms in total. The normalized spacial score (nSPS) is 11.3. The summed E-state index contributed by atoms with van der Waals surface area (Å²) in [6, 6.07) is 3.74. The molecule has 3 rings (SSSR count). The van der Waals surface area contributed by atoms with Gasteiger partial charge in [-0.15, -0.1) is 21.5 Å². The van der Waals surface area contributed by atoms with Crippen LogP contribution < -0.4 is 4.90 Å². The van der Waals surface area contributed by atoms with Crippen molar-refractivity contribution in [2.24, 2.45) is 5.92 Å². The Balaban J connectivity index is 1.76. The summed E-state index contributed by atoms with van der Waals surface area (Å²) < 4.78 is 7.59. The number of rotatable bonds is 8. The van der Waals surface area contributed by atoms with Gasteiger partial charge in [-0.25, -0.2) is 4.98 Å². The van der Waals surface area contributed by atoms with E-state index in [0.717, 1.165) is 28.4 Å². The number of aromatic nitrogens is 4. The fourth-order valence-electron chi connectivity index (χ4n) is 2.63. The zero-order valence-electron chi connectivity index (χ0n) is 15.9. The Kier molecular flexibility index (Phi) is 6.33. The largest absolute Gasteiger partial charge is 0.461 e. The average Bonchev–Trinajstić information content (AvgIpc) is 3.34. The lowest BCUT2D eigenvalue weighted by molar-refractivity contribution is -0.116. The Morgan fingerprint density at radius 3 is 2.85 bits per heavy atom. The van der Waals surface area contributed by atoms with E-state index in [2.05, 4.69) is 33.6 Å². The summed E-state index contributed by atoms with van der Waals surface area (Å²) in [6.45, 7) is 9.25. The van der Waals surface area contributed by atoms with Crippen molar-refractivity contribution in [1.82, 2.24) is 19.7 Å². The quantitative estimate of drug-likeness (QED) is 0.520. The van der Waals surface area contributed by atoms with Crippen molar-refractivity contribution >= 4 is 34.1 Å². The SMILES string of the molecule is CCN(C(C)=O)c1nc(CSc2nnc(-c3ccco3)n2CC(C)C)cs1. The van der Waals surface area contributed by atoms with E-state index in [1.165, 1.54) is 11.3 Å². The van der Waals surface area contributed by atoms with Gasteiger partial charge in [0.25, 0.3) is 0 Å². The second-order valence-electron chi connectivity index (χ2n) is 6.46. The van der Waals surface area contributed by atoms with Gasteiger partial charge >= 0.3 is 0 Å². The molecule has 3 aromatic rings. The van der Waals surface area contributed by atoms with E-state index < -0.39 is 0 Å². The number of anilines is 1. The molecule has 0 aliphatic carbocycles. The Bertz CT molecular complexity index is 886. The highest BCUT2D eigenvalue weighted by atomic mass is 32.2. The van der Waals surface area contributed by atoms with Gasteiger partial charge in [0.1, 0.15) is 0 Å². The number of carbonyl (C=O) groups excluding carboxylic acids is 1. The fraction of sp³-hybridized carbons (Fsp3) is 0.444. The first kappa shape index (κ1) is 19.6. The summed E-state index contributed by atoms with van der Waals surface area (Å²) in [5, 5.41) is 12.2. The Morgan fingerprint density at radius 2 is 2.22 bits per heavy atom. The third-order valence-corrected chi connectivity index (χ3v) is 5.73. The molecule has 0 N–H and O–H groups in total. The smallest absolute Gasteiger partial charge is 0.225 e. The second kappa shape index (κ2) is 8.71. The molecule has 1 amide bonds. The molecular weight excluding hydrogens is 382 g/mol. The maximum atomic E-state index is 11.7. The molecule has 0 fully saturated rings. The zero-order chi connectivity index (χ0) is 19.4. The molecular formula is C18H23N5O2S2. The first-order chi connectivity index (χ1) is 13.0. The lowest BCUT2D eigenvalue weighted by Gasteiger charge is -2.14. The summed E-state index contributed by atoms with van der Waals surface area (Å²) >= 11 is 3.08. The number of amides is 1. The molecule has 0 spiro atoms. The zero-order valence-corrected chi connectivity index (χ0v) is 17.5. The van der Waals surface area contributed by atoms with Crippen molar-refractivity contribution in [2.75, 3.05) is 11.4 Å². The van der Waals surface area contributed by atoms with Gasteiger partial charge in [-0.05, 0) is 25.0 Å². The third kappa shape index (κ3) is 4.59. The van der Waals surface area contributed by atoms with Crippen LogP contribution in [-0.4, -0.2) is 32.2 Å². The molecule has 0 atom stereocenters. The summed E-state index contributed by atoms with van der Waals surface area (Å²) in [7, 11) is 0. The van der Waals surface area contributed by atoms with Crippen molar-refractivity contribution in [3.63, 3.8) is 0 Å². The Labute approximate surface area is 166 Å². The number of thiazole rings is 1. The number of furan rings is 1. The van der Waals surface area contributed by atoms with Crippen LogP contribution in [0.15, 0.2) is 33.3 Å². The Morgan fingerprint density at radius 1 is 1.41 bits per heavy atom. The molecule has 27 heavy (non-hydrogen) atoms. The van der Waals surface area contributed by atoms with Crippen LogP contribution in [0.5, 0.6) is 0 Å². The predicted octanol–water partition coefficient (Wildman–Crippen LogP) is 4.32. The maximum Gasteiger partial charge on any atom is 0.225 e. The summed E-state index contributed by atoms with van der Waals surface area (Å²) in [4.78, 5) is 18.0. The molecule has 0 aromatic carbocycles. The van der Waals surface area contributed by atoms with E-state index in [1.54, 1.807) is 29.8 Å². The molecule has 0 unspecified atom stereocenters. The Hall–Kier alpha value is -2.13. The lowest BCUT2D eigenvalue weighted by Crippen LogP contribution is -2.27. The first-order valence-corrected chi connectivity index (χ1v) is 10.7. The van der Waals surface area contributed by atoms with E-state index in [1.807, 2.05) is 24.4 Å². The maximum absolute atomic E-state index is 11.7. The summed E-state index contributed by atoms with van der Waals surface area (Å²) in [6.07, 6.45) is 1.64. The van der Waals surface area contributed by atoms with Gasteiger partial charge in [-0.1, -0.05) is 25.6 Å². The minimum Gasteiger partial charge on any atom is -0.461 e. The highest BCUT2D eigenvalue weighted by Crippen LogP contribution is 2.29. The van der Waals surface area contributed by atoms with Crippen molar-refractivity contribution in [1.29, 1.82) is 0 Å². The second-order valence-corrected chi connectivity index (χ2v) is 8.24. The molecule has 3 heterocycles. The van der Waals surface area contributed by atoms with Crippen LogP contribution in [-0.2, 0) is 17.1 Å². The monoisotopic (exact) mass is 405 g/mol. The van der Waals surface area contributed by atoms with Gasteiger partial charge in [0, 0.05) is 31.1 Å². The average molecular weight is 406 g/mol. The lowest BCUT2D eigenvalue weighted by atomic mass is 10.2. The van der Waals surface area contributed by atoms with Gasteiger partial charge in [0.05, 0.1) is 12.0 Å². The van der Waals surface area contributed by atoms with Crippen molar-refractivity contribution in [2.45, 2.75) is 45.1 Å². The van der Waals surface area contributed by atoms with Crippen LogP contribution >= 0.6 is 23.1 Å². The van der Waals surface area contributed by atoms with E-state index in [9.17, 15) is 4.79 Å². The van der Waals surface area contributed by atoms with Crippen LogP contribution in [0.1, 0.15) is 33.4 Å². The molecule has 9 heteroatoms. The summed E-state index contributed by atoms with van der Waals surface area (Å²) in [5.74, 6) is 2.58. The van der Waals surface area contributed by atoms with Gasteiger partial charge in [-0.3, -0.25) is 14.3 Å². The molecule has 0 aliphatic rings. The molecule has 0 aliphatic heterocycles. The minimum atomic E-state index is 0.00539. The number of hydrogen-bond donors (Lipinski definition) is 0. The molecule has 144 valence electrons. The molecule has 0 bridgehead atoms. The number of thioether (sulfide) groups is 1. The van der Waals surface area contributed by atoms with E-state index in [4.69, 9.17) is 4.42 Å². The minimum absolute atomic E-state index is 0.00539. The van der Waals surface area contributed by atoms with Gasteiger partial charge in [-0.2, -0.15) is 0 Å². The van der Waals surface area contributed by atoms with Crippen molar-refractivity contribution < 1.29 is 9.21 Å². The number of hydrogen-bond acceptors (Lipinski definition) is 7. The number of carbonyl (C=O) groups is 1. The van der Waals surface area contributed by atoms with Crippen LogP contribution in [0.3, 0.4) is 0 Å². The topological polar surface area (TPSA) is 77.1 Å². The molecule has 0 saturated carbocycles.